The minimum Gasteiger partial charge on any atom is -0.399 e. The van der Waals surface area contributed by atoms with Crippen molar-refractivity contribution in [2.75, 3.05) is 12.3 Å². The summed E-state index contributed by atoms with van der Waals surface area (Å²) < 4.78 is 27.3. The number of rotatable bonds is 5. The van der Waals surface area contributed by atoms with Crippen molar-refractivity contribution in [1.29, 1.82) is 0 Å². The highest BCUT2D eigenvalue weighted by molar-refractivity contribution is 7.89. The molecule has 1 aromatic carbocycles. The second-order valence-electron chi connectivity index (χ2n) is 6.04. The third-order valence-electron chi connectivity index (χ3n) is 4.33. The van der Waals surface area contributed by atoms with E-state index in [0.29, 0.717) is 12.2 Å². The summed E-state index contributed by atoms with van der Waals surface area (Å²) in [6, 6.07) is 4.95. The molecule has 0 atom stereocenters. The molecule has 0 radical (unpaired) electrons. The van der Waals surface area contributed by atoms with Crippen molar-refractivity contribution in [3.8, 4) is 0 Å². The van der Waals surface area contributed by atoms with Crippen molar-refractivity contribution in [1.82, 2.24) is 4.72 Å². The fourth-order valence-electron chi connectivity index (χ4n) is 2.84. The van der Waals surface area contributed by atoms with Gasteiger partial charge in [0.1, 0.15) is 0 Å². The second kappa shape index (κ2) is 4.21. The number of anilines is 1. The zero-order valence-electron chi connectivity index (χ0n) is 11.1. The van der Waals surface area contributed by atoms with E-state index in [1.54, 1.807) is 12.1 Å². The highest BCUT2D eigenvalue weighted by Crippen LogP contribution is 2.60. The average Bonchev–Trinajstić information content (AvgIpc) is 3.17. The molecule has 0 aromatic heterocycles. The summed E-state index contributed by atoms with van der Waals surface area (Å²) in [6.07, 6.45) is 4.85. The van der Waals surface area contributed by atoms with E-state index >= 15 is 0 Å². The third kappa shape index (κ3) is 2.62. The van der Waals surface area contributed by atoms with Crippen LogP contribution >= 0.6 is 0 Å². The molecule has 2 fully saturated rings. The zero-order valence-corrected chi connectivity index (χ0v) is 12.0. The summed E-state index contributed by atoms with van der Waals surface area (Å²) in [7, 11) is -3.43. The third-order valence-corrected chi connectivity index (χ3v) is 5.71. The molecule has 0 bridgehead atoms. The predicted octanol–water partition coefficient (Wildman–Crippen LogP) is 2.05. The van der Waals surface area contributed by atoms with Gasteiger partial charge in [0.05, 0.1) is 4.90 Å². The van der Waals surface area contributed by atoms with Gasteiger partial charge < -0.3 is 5.73 Å². The van der Waals surface area contributed by atoms with Gasteiger partial charge in [-0.05, 0) is 67.7 Å². The van der Waals surface area contributed by atoms with Crippen LogP contribution in [0.1, 0.15) is 31.2 Å². The van der Waals surface area contributed by atoms with Crippen LogP contribution in [-0.2, 0) is 10.0 Å². The van der Waals surface area contributed by atoms with Gasteiger partial charge in [0, 0.05) is 12.2 Å². The monoisotopic (exact) mass is 280 g/mol. The van der Waals surface area contributed by atoms with Gasteiger partial charge in [-0.15, -0.1) is 0 Å². The van der Waals surface area contributed by atoms with Gasteiger partial charge in [0.25, 0.3) is 0 Å². The van der Waals surface area contributed by atoms with E-state index in [2.05, 4.69) is 4.72 Å². The fourth-order valence-corrected chi connectivity index (χ4v) is 4.12. The quantitative estimate of drug-likeness (QED) is 0.811. The normalized spacial score (nSPS) is 21.3. The molecule has 4 nitrogen and oxygen atoms in total. The molecule has 2 aliphatic rings. The molecule has 0 heterocycles. The molecule has 19 heavy (non-hydrogen) atoms. The Morgan fingerprint density at radius 3 is 2.53 bits per heavy atom. The number of nitrogens with two attached hydrogens (primary N) is 1. The SMILES string of the molecule is Cc1cc(N)cc(S(=O)(=O)NCC2(C3CC3)CC2)c1. The van der Waals surface area contributed by atoms with E-state index in [-0.39, 0.29) is 10.3 Å². The molecule has 2 saturated carbocycles. The van der Waals surface area contributed by atoms with Gasteiger partial charge >= 0.3 is 0 Å². The topological polar surface area (TPSA) is 72.2 Å². The van der Waals surface area contributed by atoms with Crippen molar-refractivity contribution in [2.45, 2.75) is 37.5 Å². The molecule has 0 spiro atoms. The Hall–Kier alpha value is -1.07. The average molecular weight is 280 g/mol. The number of hydrogen-bond acceptors (Lipinski definition) is 3. The standard InChI is InChI=1S/C14H20N2O2S/c1-10-6-12(15)8-13(7-10)19(17,18)16-9-14(4-5-14)11-2-3-11/h6-8,11,16H,2-5,9,15H2,1H3. The predicted molar refractivity (Wildman–Crippen MR) is 75.2 cm³/mol. The van der Waals surface area contributed by atoms with Gasteiger partial charge in [-0.2, -0.15) is 0 Å². The summed E-state index contributed by atoms with van der Waals surface area (Å²) in [6.45, 7) is 2.43. The Balaban J connectivity index is 1.75. The van der Waals surface area contributed by atoms with Gasteiger partial charge in [-0.3, -0.25) is 0 Å². The Labute approximate surface area is 114 Å². The smallest absolute Gasteiger partial charge is 0.240 e. The number of aryl methyl sites for hydroxylation is 1. The van der Waals surface area contributed by atoms with Gasteiger partial charge in [0.15, 0.2) is 0 Å². The lowest BCUT2D eigenvalue weighted by atomic mass is 10.0. The largest absolute Gasteiger partial charge is 0.399 e. The lowest BCUT2D eigenvalue weighted by Gasteiger charge is -2.15. The van der Waals surface area contributed by atoms with Crippen LogP contribution in [0.25, 0.3) is 0 Å². The van der Waals surface area contributed by atoms with Crippen molar-refractivity contribution < 1.29 is 8.42 Å². The Morgan fingerprint density at radius 2 is 2.00 bits per heavy atom. The van der Waals surface area contributed by atoms with Crippen LogP contribution in [0.4, 0.5) is 5.69 Å². The molecule has 5 heteroatoms. The Bertz CT molecular complexity index is 582. The first-order valence-electron chi connectivity index (χ1n) is 6.78. The van der Waals surface area contributed by atoms with Crippen LogP contribution in [0.3, 0.4) is 0 Å². The van der Waals surface area contributed by atoms with Crippen molar-refractivity contribution in [3.63, 3.8) is 0 Å². The van der Waals surface area contributed by atoms with E-state index in [0.717, 1.165) is 24.3 Å². The molecule has 0 unspecified atom stereocenters. The van der Waals surface area contributed by atoms with Crippen LogP contribution in [0.2, 0.25) is 0 Å². The van der Waals surface area contributed by atoms with E-state index in [4.69, 9.17) is 5.73 Å². The summed E-state index contributed by atoms with van der Waals surface area (Å²) in [4.78, 5) is 0.275. The van der Waals surface area contributed by atoms with Crippen LogP contribution in [0.5, 0.6) is 0 Å². The highest BCUT2D eigenvalue weighted by Gasteiger charge is 2.53. The summed E-state index contributed by atoms with van der Waals surface area (Å²) in [5.74, 6) is 0.748. The van der Waals surface area contributed by atoms with Crippen LogP contribution in [0.15, 0.2) is 23.1 Å². The first-order chi connectivity index (χ1) is 8.91. The number of nitrogen functional groups attached to an aromatic ring is 1. The van der Waals surface area contributed by atoms with E-state index in [1.807, 2.05) is 6.92 Å². The molecule has 0 amide bonds. The van der Waals surface area contributed by atoms with E-state index in [1.165, 1.54) is 18.9 Å². The number of nitrogens with one attached hydrogen (secondary N) is 1. The molecular formula is C14H20N2O2S. The van der Waals surface area contributed by atoms with E-state index in [9.17, 15) is 8.42 Å². The van der Waals surface area contributed by atoms with E-state index < -0.39 is 10.0 Å². The molecule has 1 aromatic rings. The van der Waals surface area contributed by atoms with Crippen molar-refractivity contribution in [3.05, 3.63) is 23.8 Å². The molecule has 104 valence electrons. The summed E-state index contributed by atoms with van der Waals surface area (Å²) >= 11 is 0. The number of benzene rings is 1. The first kappa shape index (κ1) is 12.9. The van der Waals surface area contributed by atoms with Crippen LogP contribution in [0, 0.1) is 18.3 Å². The maximum Gasteiger partial charge on any atom is 0.240 e. The first-order valence-corrected chi connectivity index (χ1v) is 8.26. The second-order valence-corrected chi connectivity index (χ2v) is 7.81. The molecule has 2 aliphatic carbocycles. The molecule has 0 saturated heterocycles. The highest BCUT2D eigenvalue weighted by atomic mass is 32.2. The zero-order chi connectivity index (χ0) is 13.7. The van der Waals surface area contributed by atoms with Crippen LogP contribution in [-0.4, -0.2) is 15.0 Å². The summed E-state index contributed by atoms with van der Waals surface area (Å²) in [5.41, 5.74) is 7.34. The molecule has 3 N–H and O–H groups in total. The minimum absolute atomic E-state index is 0.266. The lowest BCUT2D eigenvalue weighted by molar-refractivity contribution is 0.432. The maximum atomic E-state index is 12.3. The minimum atomic E-state index is -3.43. The number of hydrogen-bond donors (Lipinski definition) is 2. The van der Waals surface area contributed by atoms with Gasteiger partial charge in [-0.1, -0.05) is 0 Å². The van der Waals surface area contributed by atoms with Gasteiger partial charge in [0.2, 0.25) is 10.0 Å². The van der Waals surface area contributed by atoms with Crippen molar-refractivity contribution in [2.24, 2.45) is 11.3 Å². The maximum absolute atomic E-state index is 12.3. The Morgan fingerprint density at radius 1 is 1.32 bits per heavy atom. The molecular weight excluding hydrogens is 260 g/mol. The molecule has 0 aliphatic heterocycles. The van der Waals surface area contributed by atoms with Gasteiger partial charge in [-0.25, -0.2) is 13.1 Å². The van der Waals surface area contributed by atoms with Crippen molar-refractivity contribution >= 4 is 15.7 Å². The Kier molecular flexibility index (Phi) is 2.87. The summed E-state index contributed by atoms with van der Waals surface area (Å²) in [5, 5.41) is 0. The van der Waals surface area contributed by atoms with Crippen LogP contribution < -0.4 is 10.5 Å². The lowest BCUT2D eigenvalue weighted by Crippen LogP contribution is -2.31. The number of sulfonamides is 1. The fraction of sp³-hybridized carbons (Fsp3) is 0.571. The molecule has 3 rings (SSSR count).